The predicted molar refractivity (Wildman–Crippen MR) is 63.1 cm³/mol. The van der Waals surface area contributed by atoms with Gasteiger partial charge < -0.3 is 10.2 Å². The summed E-state index contributed by atoms with van der Waals surface area (Å²) in [5.41, 5.74) is 0. The zero-order valence-corrected chi connectivity index (χ0v) is 9.58. The summed E-state index contributed by atoms with van der Waals surface area (Å²) >= 11 is 0. The van der Waals surface area contributed by atoms with Crippen LogP contribution in [0.25, 0.3) is 0 Å². The number of carbonyl (C=O) groups is 2. The van der Waals surface area contributed by atoms with E-state index in [9.17, 15) is 9.59 Å². The van der Waals surface area contributed by atoms with Crippen LogP contribution in [0.3, 0.4) is 0 Å². The minimum Gasteiger partial charge on any atom is -0.335 e. The predicted octanol–water partition coefficient (Wildman–Crippen LogP) is 0.236. The van der Waals surface area contributed by atoms with Gasteiger partial charge in [-0.05, 0) is 19.8 Å². The molecular formula is C10H21BN2O2. The van der Waals surface area contributed by atoms with Crippen molar-refractivity contribution in [2.45, 2.75) is 26.1 Å². The highest BCUT2D eigenvalue weighted by atomic mass is 16.2. The quantitative estimate of drug-likeness (QED) is 0.586. The van der Waals surface area contributed by atoms with Gasteiger partial charge in [-0.2, -0.15) is 0 Å². The van der Waals surface area contributed by atoms with Gasteiger partial charge in [0.05, 0.1) is 14.4 Å². The molecule has 4 nitrogen and oxygen atoms in total. The second kappa shape index (κ2) is 8.47. The number of nitrogens with one attached hydrogen (secondary N) is 1. The summed E-state index contributed by atoms with van der Waals surface area (Å²) < 4.78 is 0. The molecule has 0 unspecified atom stereocenters. The van der Waals surface area contributed by atoms with Crippen LogP contribution >= 0.6 is 0 Å². The third-order valence-corrected chi connectivity index (χ3v) is 2.06. The topological polar surface area (TPSA) is 49.4 Å². The van der Waals surface area contributed by atoms with Gasteiger partial charge in [-0.15, -0.1) is 0 Å². The van der Waals surface area contributed by atoms with Crippen molar-refractivity contribution in [3.05, 3.63) is 0 Å². The first-order valence-corrected chi connectivity index (χ1v) is 5.29. The third-order valence-electron chi connectivity index (χ3n) is 2.06. The van der Waals surface area contributed by atoms with Gasteiger partial charge >= 0.3 is 0 Å². The molecule has 0 atom stereocenters. The molecule has 0 aromatic rings. The molecule has 0 aliphatic carbocycles. The lowest BCUT2D eigenvalue weighted by molar-refractivity contribution is -0.133. The van der Waals surface area contributed by atoms with Gasteiger partial charge in [0.1, 0.15) is 0 Å². The number of amides is 1. The van der Waals surface area contributed by atoms with Crippen molar-refractivity contribution in [1.82, 2.24) is 10.2 Å². The normalized spacial score (nSPS) is 10.0. The van der Waals surface area contributed by atoms with Crippen LogP contribution in [0.2, 0.25) is 6.32 Å². The van der Waals surface area contributed by atoms with Crippen LogP contribution in [-0.4, -0.2) is 51.1 Å². The third kappa shape index (κ3) is 6.28. The minimum absolute atomic E-state index is 0. The molecule has 0 aliphatic rings. The molecule has 0 heterocycles. The summed E-state index contributed by atoms with van der Waals surface area (Å²) in [6, 6.07) is 0. The van der Waals surface area contributed by atoms with E-state index in [1.165, 1.54) is 4.90 Å². The van der Waals surface area contributed by atoms with Crippen molar-refractivity contribution in [3.8, 4) is 0 Å². The fourth-order valence-corrected chi connectivity index (χ4v) is 1.24. The number of hydrogen-bond donors (Lipinski definition) is 1. The summed E-state index contributed by atoms with van der Waals surface area (Å²) in [5, 5.41) is 2.94. The molecule has 5 heteroatoms. The van der Waals surface area contributed by atoms with Gasteiger partial charge in [0.2, 0.25) is 5.91 Å². The number of hydrogen-bond acceptors (Lipinski definition) is 3. The Morgan fingerprint density at radius 1 is 1.47 bits per heavy atom. The molecule has 0 fully saturated rings. The molecule has 1 amide bonds. The summed E-state index contributed by atoms with van der Waals surface area (Å²) in [7, 11) is 7.08. The van der Waals surface area contributed by atoms with E-state index < -0.39 is 0 Å². The number of rotatable bonds is 8. The van der Waals surface area contributed by atoms with Crippen molar-refractivity contribution < 1.29 is 11.0 Å². The van der Waals surface area contributed by atoms with Gasteiger partial charge in [0, 0.05) is 20.9 Å². The maximum Gasteiger partial charge on any atom is 0.214 e. The summed E-state index contributed by atoms with van der Waals surface area (Å²) in [6.07, 6.45) is 1.30. The molecule has 0 spiro atoms. The Hall–Kier alpha value is -0.835. The fourth-order valence-electron chi connectivity index (χ4n) is 1.24. The van der Waals surface area contributed by atoms with E-state index in [-0.39, 0.29) is 26.0 Å². The molecule has 0 rings (SSSR count). The van der Waals surface area contributed by atoms with E-state index >= 15 is 0 Å². The Kier molecular flexibility index (Phi) is 8.00. The zero-order valence-electron chi connectivity index (χ0n) is 9.58. The Labute approximate surface area is 94.3 Å². The summed E-state index contributed by atoms with van der Waals surface area (Å²) in [6.45, 7) is 3.33. The second-order valence-corrected chi connectivity index (χ2v) is 3.41. The maximum atomic E-state index is 11.4. The van der Waals surface area contributed by atoms with Gasteiger partial charge in [-0.25, -0.2) is 0 Å². The number of ketones is 1. The lowest BCUT2D eigenvalue weighted by atomic mass is 10.0. The van der Waals surface area contributed by atoms with E-state index in [1.54, 1.807) is 7.05 Å². The highest BCUT2D eigenvalue weighted by Crippen LogP contribution is 1.97. The smallest absolute Gasteiger partial charge is 0.214 e. The Bertz CT molecular complexity index is 215. The van der Waals surface area contributed by atoms with E-state index in [0.29, 0.717) is 19.5 Å². The SMILES string of the molecule is [B]CC(=O)N(CCNC)CC(=O)CCC.[HH]. The van der Waals surface area contributed by atoms with Crippen molar-refractivity contribution >= 4 is 19.5 Å². The highest BCUT2D eigenvalue weighted by molar-refractivity contribution is 6.19. The van der Waals surface area contributed by atoms with Crippen molar-refractivity contribution in [3.63, 3.8) is 0 Å². The maximum absolute atomic E-state index is 11.4. The van der Waals surface area contributed by atoms with Crippen LogP contribution in [-0.2, 0) is 9.59 Å². The van der Waals surface area contributed by atoms with Crippen LogP contribution in [0.15, 0.2) is 0 Å². The van der Waals surface area contributed by atoms with Crippen LogP contribution in [0.1, 0.15) is 21.2 Å². The average molecular weight is 212 g/mol. The van der Waals surface area contributed by atoms with Crippen LogP contribution in [0.5, 0.6) is 0 Å². The standard InChI is InChI=1S/C10H19BN2O2.H2/c1-3-4-9(14)8-13(6-5-12-2)10(15)7-11;/h12H,3-8H2,1-2H3;1H. The molecule has 0 aromatic heterocycles. The molecule has 0 saturated carbocycles. The molecule has 2 radical (unpaired) electrons. The van der Waals surface area contributed by atoms with E-state index in [1.807, 2.05) is 6.92 Å². The first kappa shape index (κ1) is 14.2. The van der Waals surface area contributed by atoms with E-state index in [4.69, 9.17) is 7.85 Å². The highest BCUT2D eigenvalue weighted by Gasteiger charge is 2.13. The fraction of sp³-hybridized carbons (Fsp3) is 0.800. The average Bonchev–Trinajstić information content (AvgIpc) is 2.23. The molecule has 1 N–H and O–H groups in total. The molecule has 0 aliphatic heterocycles. The number of nitrogens with zero attached hydrogens (tertiary/aromatic N) is 1. The van der Waals surface area contributed by atoms with Gasteiger partial charge in [0.25, 0.3) is 0 Å². The Balaban J connectivity index is 0. The van der Waals surface area contributed by atoms with Crippen LogP contribution in [0.4, 0.5) is 0 Å². The first-order chi connectivity index (χ1) is 7.15. The summed E-state index contributed by atoms with van der Waals surface area (Å²) in [5.74, 6) is -0.0786. The minimum atomic E-state index is -0.172. The molecule has 15 heavy (non-hydrogen) atoms. The molecule has 86 valence electrons. The summed E-state index contributed by atoms with van der Waals surface area (Å²) in [4.78, 5) is 24.3. The zero-order chi connectivity index (χ0) is 11.7. The lowest BCUT2D eigenvalue weighted by Crippen LogP contribution is -2.39. The second-order valence-electron chi connectivity index (χ2n) is 3.41. The van der Waals surface area contributed by atoms with Crippen molar-refractivity contribution in [1.29, 1.82) is 0 Å². The van der Waals surface area contributed by atoms with Crippen molar-refractivity contribution in [2.24, 2.45) is 0 Å². The van der Waals surface area contributed by atoms with E-state index in [0.717, 1.165) is 6.42 Å². The van der Waals surface area contributed by atoms with E-state index in [2.05, 4.69) is 5.32 Å². The molecular weight excluding hydrogens is 191 g/mol. The lowest BCUT2D eigenvalue weighted by Gasteiger charge is -2.21. The van der Waals surface area contributed by atoms with Gasteiger partial charge in [-0.3, -0.25) is 9.59 Å². The molecule has 0 aromatic carbocycles. The monoisotopic (exact) mass is 212 g/mol. The number of carbonyl (C=O) groups excluding carboxylic acids is 2. The van der Waals surface area contributed by atoms with Crippen LogP contribution < -0.4 is 5.32 Å². The van der Waals surface area contributed by atoms with Crippen LogP contribution in [0, 0.1) is 0 Å². The molecule has 0 bridgehead atoms. The van der Waals surface area contributed by atoms with Gasteiger partial charge in [-0.1, -0.05) is 6.92 Å². The van der Waals surface area contributed by atoms with Crippen molar-refractivity contribution in [2.75, 3.05) is 26.7 Å². The Morgan fingerprint density at radius 3 is 2.60 bits per heavy atom. The first-order valence-electron chi connectivity index (χ1n) is 5.29. The molecule has 0 saturated heterocycles. The Morgan fingerprint density at radius 2 is 2.13 bits per heavy atom. The number of Topliss-reactive ketones (excluding diaryl/α,β-unsaturated/α-hetero) is 1. The number of likely N-dealkylation sites (N-methyl/N-ethyl adjacent to an activating group) is 1. The largest absolute Gasteiger partial charge is 0.335 e. The van der Waals surface area contributed by atoms with Gasteiger partial charge in [0.15, 0.2) is 5.78 Å².